The quantitative estimate of drug-likeness (QED) is 0.745. The number of carbonyl (C=O) groups excluding carboxylic acids is 1. The largest absolute Gasteiger partial charge is 0.345 e. The van der Waals surface area contributed by atoms with Crippen LogP contribution in [0.1, 0.15) is 50.9 Å². The second-order valence-corrected chi connectivity index (χ2v) is 8.28. The molecule has 0 aliphatic rings. The van der Waals surface area contributed by atoms with Crippen molar-refractivity contribution in [1.82, 2.24) is 9.62 Å². The molecule has 0 fully saturated rings. The maximum absolute atomic E-state index is 12.4. The molecule has 136 valence electrons. The number of nitrogens with one attached hydrogen (secondary N) is 1. The van der Waals surface area contributed by atoms with E-state index in [-0.39, 0.29) is 16.8 Å². The number of hydrogen-bond acceptors (Lipinski definition) is 4. The van der Waals surface area contributed by atoms with E-state index in [1.54, 1.807) is 20.9 Å². The number of sulfonamides is 1. The van der Waals surface area contributed by atoms with Crippen molar-refractivity contribution in [2.45, 2.75) is 57.0 Å². The van der Waals surface area contributed by atoms with Crippen molar-refractivity contribution in [2.24, 2.45) is 5.73 Å². The molecule has 0 aliphatic carbocycles. The average Bonchev–Trinajstić information content (AvgIpc) is 2.58. The minimum Gasteiger partial charge on any atom is -0.345 e. The number of nitrogens with zero attached hydrogens (tertiary/aromatic N) is 1. The molecule has 3 N–H and O–H groups in total. The lowest BCUT2D eigenvalue weighted by atomic mass is 9.92. The summed E-state index contributed by atoms with van der Waals surface area (Å²) in [6, 6.07) is 5.85. The summed E-state index contributed by atoms with van der Waals surface area (Å²) in [5, 5.41) is 2.97. The zero-order chi connectivity index (χ0) is 18.5. The molecule has 6 nitrogen and oxygen atoms in total. The first-order valence-corrected chi connectivity index (χ1v) is 9.68. The molecule has 1 rings (SSSR count). The lowest BCUT2D eigenvalue weighted by molar-refractivity contribution is 0.0895. The van der Waals surface area contributed by atoms with Gasteiger partial charge in [-0.05, 0) is 51.0 Å². The number of hydrogen-bond donors (Lipinski definition) is 2. The molecule has 0 saturated carbocycles. The molecule has 1 aromatic carbocycles. The van der Waals surface area contributed by atoms with Crippen LogP contribution in [0.25, 0.3) is 0 Å². The second-order valence-electron chi connectivity index (χ2n) is 6.29. The predicted molar refractivity (Wildman–Crippen MR) is 96.4 cm³/mol. The van der Waals surface area contributed by atoms with Crippen molar-refractivity contribution in [3.05, 3.63) is 29.8 Å². The second kappa shape index (κ2) is 8.09. The average molecular weight is 356 g/mol. The Bertz CT molecular complexity index is 642. The third-order valence-corrected chi connectivity index (χ3v) is 6.69. The van der Waals surface area contributed by atoms with Crippen molar-refractivity contribution < 1.29 is 13.2 Å². The Labute approximate surface area is 145 Å². The first-order chi connectivity index (χ1) is 11.1. The summed E-state index contributed by atoms with van der Waals surface area (Å²) in [4.78, 5) is 12.6. The summed E-state index contributed by atoms with van der Waals surface area (Å²) in [6.07, 6.45) is 1.47. The van der Waals surface area contributed by atoms with E-state index >= 15 is 0 Å². The minimum absolute atomic E-state index is 0.141. The summed E-state index contributed by atoms with van der Waals surface area (Å²) in [5.74, 6) is -0.245. The summed E-state index contributed by atoms with van der Waals surface area (Å²) in [7, 11) is -2.01. The minimum atomic E-state index is -3.55. The van der Waals surface area contributed by atoms with Gasteiger partial charge in [-0.25, -0.2) is 8.42 Å². The molecule has 7 heteroatoms. The Balaban J connectivity index is 3.01. The fourth-order valence-corrected chi connectivity index (χ4v) is 3.67. The lowest BCUT2D eigenvalue weighted by Crippen LogP contribution is -2.52. The molecule has 0 bridgehead atoms. The summed E-state index contributed by atoms with van der Waals surface area (Å²) < 4.78 is 26.2. The highest BCUT2D eigenvalue weighted by molar-refractivity contribution is 7.89. The molecule has 0 saturated heterocycles. The van der Waals surface area contributed by atoms with E-state index in [9.17, 15) is 13.2 Å². The maximum atomic E-state index is 12.4. The zero-order valence-corrected chi connectivity index (χ0v) is 16.0. The van der Waals surface area contributed by atoms with Gasteiger partial charge in [0.1, 0.15) is 0 Å². The van der Waals surface area contributed by atoms with Gasteiger partial charge < -0.3 is 11.1 Å². The molecule has 0 aromatic heterocycles. The van der Waals surface area contributed by atoms with Crippen LogP contribution >= 0.6 is 0 Å². The van der Waals surface area contributed by atoms with Crippen LogP contribution in [-0.2, 0) is 10.0 Å². The van der Waals surface area contributed by atoms with Crippen LogP contribution in [0, 0.1) is 0 Å². The molecule has 1 amide bonds. The Kier molecular flexibility index (Phi) is 6.95. The molecule has 0 radical (unpaired) electrons. The molecule has 0 heterocycles. The van der Waals surface area contributed by atoms with Crippen molar-refractivity contribution >= 4 is 15.9 Å². The SMILES string of the molecule is CCC(CC)(CN)NC(=O)c1ccc(S(=O)(=O)N(C)C(C)C)cc1. The standard InChI is InChI=1S/C17H29N3O3S/c1-6-17(7-2,12-18)19-16(21)14-8-10-15(11-9-14)24(22,23)20(5)13(3)4/h8-11,13H,6-7,12,18H2,1-5H3,(H,19,21). The summed E-state index contributed by atoms with van der Waals surface area (Å²) in [6.45, 7) is 7.93. The number of rotatable bonds is 8. The fourth-order valence-electron chi connectivity index (χ4n) is 2.30. The summed E-state index contributed by atoms with van der Waals surface area (Å²) >= 11 is 0. The van der Waals surface area contributed by atoms with Gasteiger partial charge in [-0.2, -0.15) is 4.31 Å². The van der Waals surface area contributed by atoms with Crippen LogP contribution in [0.5, 0.6) is 0 Å². The van der Waals surface area contributed by atoms with Gasteiger partial charge in [-0.15, -0.1) is 0 Å². The Hall–Kier alpha value is -1.44. The first kappa shape index (κ1) is 20.6. The molecule has 0 aliphatic heterocycles. The first-order valence-electron chi connectivity index (χ1n) is 8.24. The van der Waals surface area contributed by atoms with Crippen LogP contribution in [-0.4, -0.2) is 43.8 Å². The normalized spacial score (nSPS) is 12.7. The third-order valence-electron chi connectivity index (χ3n) is 4.64. The zero-order valence-electron chi connectivity index (χ0n) is 15.2. The van der Waals surface area contributed by atoms with Gasteiger partial charge in [0.2, 0.25) is 10.0 Å². The maximum Gasteiger partial charge on any atom is 0.251 e. The van der Waals surface area contributed by atoms with Gasteiger partial charge in [-0.1, -0.05) is 13.8 Å². The van der Waals surface area contributed by atoms with Gasteiger partial charge in [-0.3, -0.25) is 4.79 Å². The van der Waals surface area contributed by atoms with E-state index in [4.69, 9.17) is 5.73 Å². The molecule has 24 heavy (non-hydrogen) atoms. The van der Waals surface area contributed by atoms with Crippen LogP contribution in [0.15, 0.2) is 29.2 Å². The van der Waals surface area contributed by atoms with E-state index < -0.39 is 15.6 Å². The molecule has 0 atom stereocenters. The highest BCUT2D eigenvalue weighted by Crippen LogP contribution is 2.18. The smallest absolute Gasteiger partial charge is 0.251 e. The van der Waals surface area contributed by atoms with Crippen LogP contribution in [0.2, 0.25) is 0 Å². The Morgan fingerprint density at radius 3 is 2.08 bits per heavy atom. The molecular weight excluding hydrogens is 326 g/mol. The number of carbonyl (C=O) groups is 1. The topological polar surface area (TPSA) is 92.5 Å². The van der Waals surface area contributed by atoms with Crippen LogP contribution in [0.4, 0.5) is 0 Å². The molecule has 0 unspecified atom stereocenters. The number of amides is 1. The number of nitrogens with two attached hydrogens (primary N) is 1. The van der Waals surface area contributed by atoms with Gasteiger partial charge in [0.05, 0.1) is 10.4 Å². The highest BCUT2D eigenvalue weighted by Gasteiger charge is 2.27. The van der Waals surface area contributed by atoms with E-state index in [0.29, 0.717) is 12.1 Å². The monoisotopic (exact) mass is 355 g/mol. The molecule has 0 spiro atoms. The lowest BCUT2D eigenvalue weighted by Gasteiger charge is -2.31. The van der Waals surface area contributed by atoms with E-state index in [1.807, 2.05) is 13.8 Å². The van der Waals surface area contributed by atoms with Crippen molar-refractivity contribution in [3.63, 3.8) is 0 Å². The summed E-state index contributed by atoms with van der Waals surface area (Å²) in [5.41, 5.74) is 5.79. The van der Waals surface area contributed by atoms with E-state index in [1.165, 1.54) is 28.6 Å². The van der Waals surface area contributed by atoms with Crippen LogP contribution in [0.3, 0.4) is 0 Å². The van der Waals surface area contributed by atoms with Gasteiger partial charge in [0.25, 0.3) is 5.91 Å². The predicted octanol–water partition coefficient (Wildman–Crippen LogP) is 1.96. The number of benzene rings is 1. The molecule has 1 aromatic rings. The fraction of sp³-hybridized carbons (Fsp3) is 0.588. The van der Waals surface area contributed by atoms with E-state index in [2.05, 4.69) is 5.32 Å². The van der Waals surface area contributed by atoms with Crippen molar-refractivity contribution in [2.75, 3.05) is 13.6 Å². The Morgan fingerprint density at radius 1 is 1.21 bits per heavy atom. The van der Waals surface area contributed by atoms with Crippen LogP contribution < -0.4 is 11.1 Å². The molecular formula is C17H29N3O3S. The van der Waals surface area contributed by atoms with Gasteiger partial charge >= 0.3 is 0 Å². The van der Waals surface area contributed by atoms with Crippen molar-refractivity contribution in [3.8, 4) is 0 Å². The van der Waals surface area contributed by atoms with Gasteiger partial charge in [0.15, 0.2) is 0 Å². The third kappa shape index (κ3) is 4.34. The highest BCUT2D eigenvalue weighted by atomic mass is 32.2. The van der Waals surface area contributed by atoms with E-state index in [0.717, 1.165) is 12.8 Å². The van der Waals surface area contributed by atoms with Crippen molar-refractivity contribution in [1.29, 1.82) is 0 Å². The Morgan fingerprint density at radius 2 is 1.71 bits per heavy atom. The van der Waals surface area contributed by atoms with Gasteiger partial charge in [0, 0.05) is 25.2 Å².